The van der Waals surface area contributed by atoms with E-state index >= 15 is 0 Å². The van der Waals surface area contributed by atoms with E-state index in [1.165, 1.54) is 12.8 Å². The maximum atomic E-state index is 6.22. The van der Waals surface area contributed by atoms with Crippen LogP contribution in [0.2, 0.25) is 0 Å². The van der Waals surface area contributed by atoms with Crippen LogP contribution in [0, 0.1) is 5.92 Å². The van der Waals surface area contributed by atoms with Gasteiger partial charge in [-0.05, 0) is 63.1 Å². The average Bonchev–Trinajstić information content (AvgIpc) is 3.35. The summed E-state index contributed by atoms with van der Waals surface area (Å²) in [6.07, 6.45) is 5.09. The molecule has 2 aliphatic rings. The first-order valence-electron chi connectivity index (χ1n) is 11.0. The standard InChI is InChI=1S/C23H38N4O2.HI/c1-16(2)27-14-17(3)20(15-27)26-23(24-4)25-13-18-10-11-21(28-5)22(12-18)29-19-8-6-7-9-19;/h10-12,16-17,19-20H,6-9,13-15H2,1-5H3,(H2,24,25,26);1H. The molecule has 2 N–H and O–H groups in total. The second-order valence-electron chi connectivity index (χ2n) is 8.71. The first-order valence-corrected chi connectivity index (χ1v) is 11.0. The van der Waals surface area contributed by atoms with Crippen molar-refractivity contribution in [3.8, 4) is 11.5 Å². The number of rotatable bonds is 7. The minimum atomic E-state index is 0. The summed E-state index contributed by atoms with van der Waals surface area (Å²) in [5.41, 5.74) is 1.16. The van der Waals surface area contributed by atoms with Crippen molar-refractivity contribution in [2.45, 2.75) is 71.2 Å². The molecule has 1 aromatic rings. The number of likely N-dealkylation sites (tertiary alicyclic amines) is 1. The normalized spacial score (nSPS) is 22.8. The van der Waals surface area contributed by atoms with Crippen molar-refractivity contribution in [2.24, 2.45) is 10.9 Å². The number of guanidine groups is 1. The molecule has 1 aromatic carbocycles. The fourth-order valence-corrected chi connectivity index (χ4v) is 4.28. The summed E-state index contributed by atoms with van der Waals surface area (Å²) in [6, 6.07) is 7.17. The molecule has 0 radical (unpaired) electrons. The predicted molar refractivity (Wildman–Crippen MR) is 134 cm³/mol. The molecule has 1 saturated carbocycles. The second kappa shape index (κ2) is 12.0. The van der Waals surface area contributed by atoms with Gasteiger partial charge in [0.15, 0.2) is 17.5 Å². The molecule has 2 atom stereocenters. The van der Waals surface area contributed by atoms with Crippen LogP contribution in [0.3, 0.4) is 0 Å². The highest BCUT2D eigenvalue weighted by Crippen LogP contribution is 2.32. The molecular weight excluding hydrogens is 491 g/mol. The minimum Gasteiger partial charge on any atom is -0.493 e. The van der Waals surface area contributed by atoms with Gasteiger partial charge in [0.2, 0.25) is 0 Å². The monoisotopic (exact) mass is 530 g/mol. The zero-order valence-corrected chi connectivity index (χ0v) is 21.4. The summed E-state index contributed by atoms with van der Waals surface area (Å²) in [5.74, 6) is 3.10. The number of benzene rings is 1. The third kappa shape index (κ3) is 6.64. The summed E-state index contributed by atoms with van der Waals surface area (Å²) >= 11 is 0. The number of hydrogen-bond donors (Lipinski definition) is 2. The molecule has 1 saturated heterocycles. The van der Waals surface area contributed by atoms with E-state index < -0.39 is 0 Å². The number of aliphatic imine (C=N–C) groups is 1. The maximum absolute atomic E-state index is 6.22. The predicted octanol–water partition coefficient (Wildman–Crippen LogP) is 4.03. The van der Waals surface area contributed by atoms with E-state index in [9.17, 15) is 0 Å². The number of methoxy groups -OCH3 is 1. The molecule has 0 amide bonds. The molecule has 6 nitrogen and oxygen atoms in total. The van der Waals surface area contributed by atoms with E-state index in [-0.39, 0.29) is 24.0 Å². The van der Waals surface area contributed by atoms with Gasteiger partial charge in [-0.15, -0.1) is 24.0 Å². The Balaban J connectivity index is 0.00000320. The topological polar surface area (TPSA) is 58.1 Å². The summed E-state index contributed by atoms with van der Waals surface area (Å²) in [4.78, 5) is 6.95. The van der Waals surface area contributed by atoms with Crippen LogP contribution in [0.5, 0.6) is 11.5 Å². The van der Waals surface area contributed by atoms with Gasteiger partial charge in [-0.25, -0.2) is 0 Å². The Morgan fingerprint density at radius 1 is 1.20 bits per heavy atom. The Hall–Kier alpha value is -1.22. The van der Waals surface area contributed by atoms with Crippen LogP contribution in [0.15, 0.2) is 23.2 Å². The zero-order valence-electron chi connectivity index (χ0n) is 19.1. The van der Waals surface area contributed by atoms with Gasteiger partial charge >= 0.3 is 0 Å². The number of nitrogens with zero attached hydrogens (tertiary/aromatic N) is 2. The molecule has 1 heterocycles. The van der Waals surface area contributed by atoms with Gasteiger partial charge in [-0.3, -0.25) is 9.89 Å². The molecule has 0 aromatic heterocycles. The Morgan fingerprint density at radius 2 is 1.93 bits per heavy atom. The number of halogens is 1. The van der Waals surface area contributed by atoms with Crippen LogP contribution < -0.4 is 20.1 Å². The van der Waals surface area contributed by atoms with Gasteiger partial charge in [-0.1, -0.05) is 13.0 Å². The summed E-state index contributed by atoms with van der Waals surface area (Å²) < 4.78 is 11.7. The first-order chi connectivity index (χ1) is 14.0. The molecule has 1 aliphatic heterocycles. The highest BCUT2D eigenvalue weighted by molar-refractivity contribution is 14.0. The summed E-state index contributed by atoms with van der Waals surface area (Å²) in [5, 5.41) is 7.07. The van der Waals surface area contributed by atoms with E-state index in [0.717, 1.165) is 49.0 Å². The molecular formula is C23H39IN4O2. The van der Waals surface area contributed by atoms with Gasteiger partial charge in [0.05, 0.1) is 13.2 Å². The van der Waals surface area contributed by atoms with Gasteiger partial charge in [0.1, 0.15) is 0 Å². The molecule has 170 valence electrons. The highest BCUT2D eigenvalue weighted by Gasteiger charge is 2.31. The number of hydrogen-bond acceptors (Lipinski definition) is 4. The lowest BCUT2D eigenvalue weighted by Gasteiger charge is -2.22. The van der Waals surface area contributed by atoms with Crippen molar-refractivity contribution < 1.29 is 9.47 Å². The lowest BCUT2D eigenvalue weighted by molar-refractivity contribution is 0.200. The molecule has 7 heteroatoms. The van der Waals surface area contributed by atoms with Gasteiger partial charge in [0.25, 0.3) is 0 Å². The molecule has 2 unspecified atom stereocenters. The van der Waals surface area contributed by atoms with E-state index in [1.807, 2.05) is 13.1 Å². The lowest BCUT2D eigenvalue weighted by atomic mass is 10.1. The van der Waals surface area contributed by atoms with Crippen molar-refractivity contribution in [1.29, 1.82) is 0 Å². The van der Waals surface area contributed by atoms with Crippen LogP contribution in [-0.4, -0.2) is 56.3 Å². The van der Waals surface area contributed by atoms with Gasteiger partial charge in [0, 0.05) is 38.8 Å². The first kappa shape index (κ1) is 25.0. The smallest absolute Gasteiger partial charge is 0.191 e. The van der Waals surface area contributed by atoms with Crippen LogP contribution >= 0.6 is 24.0 Å². The third-order valence-electron chi connectivity index (χ3n) is 6.20. The molecule has 0 spiro atoms. The Morgan fingerprint density at radius 3 is 2.53 bits per heavy atom. The van der Waals surface area contributed by atoms with Crippen LogP contribution in [0.1, 0.15) is 52.0 Å². The van der Waals surface area contributed by atoms with Crippen molar-refractivity contribution in [3.05, 3.63) is 23.8 Å². The van der Waals surface area contributed by atoms with E-state index in [1.54, 1.807) is 7.11 Å². The molecule has 3 rings (SSSR count). The fourth-order valence-electron chi connectivity index (χ4n) is 4.28. The number of ether oxygens (including phenoxy) is 2. The molecule has 2 fully saturated rings. The number of nitrogens with one attached hydrogen (secondary N) is 2. The second-order valence-corrected chi connectivity index (χ2v) is 8.71. The van der Waals surface area contributed by atoms with Crippen LogP contribution in [-0.2, 0) is 6.54 Å². The van der Waals surface area contributed by atoms with Crippen LogP contribution in [0.4, 0.5) is 0 Å². The SMILES string of the molecule is CN=C(NCc1ccc(OC)c(OC2CCCC2)c1)NC1CN(C(C)C)CC1C.I. The molecule has 1 aliphatic carbocycles. The van der Waals surface area contributed by atoms with Crippen molar-refractivity contribution >= 4 is 29.9 Å². The fraction of sp³-hybridized carbons (Fsp3) is 0.696. The Kier molecular flexibility index (Phi) is 10.0. The Bertz CT molecular complexity index is 692. The average molecular weight is 530 g/mol. The zero-order chi connectivity index (χ0) is 20.8. The maximum Gasteiger partial charge on any atom is 0.191 e. The van der Waals surface area contributed by atoms with Crippen molar-refractivity contribution in [3.63, 3.8) is 0 Å². The largest absolute Gasteiger partial charge is 0.493 e. The lowest BCUT2D eigenvalue weighted by Crippen LogP contribution is -2.46. The highest BCUT2D eigenvalue weighted by atomic mass is 127. The van der Waals surface area contributed by atoms with Gasteiger partial charge in [-0.2, -0.15) is 0 Å². The van der Waals surface area contributed by atoms with Crippen molar-refractivity contribution in [2.75, 3.05) is 27.2 Å². The summed E-state index contributed by atoms with van der Waals surface area (Å²) in [6.45, 7) is 9.71. The minimum absolute atomic E-state index is 0. The Labute approximate surface area is 199 Å². The molecule has 30 heavy (non-hydrogen) atoms. The van der Waals surface area contributed by atoms with Crippen molar-refractivity contribution in [1.82, 2.24) is 15.5 Å². The molecule has 0 bridgehead atoms. The van der Waals surface area contributed by atoms with E-state index in [0.29, 0.717) is 30.7 Å². The van der Waals surface area contributed by atoms with Crippen LogP contribution in [0.25, 0.3) is 0 Å². The summed E-state index contributed by atoms with van der Waals surface area (Å²) in [7, 11) is 3.53. The van der Waals surface area contributed by atoms with E-state index in [2.05, 4.69) is 53.4 Å². The van der Waals surface area contributed by atoms with E-state index in [4.69, 9.17) is 9.47 Å². The van der Waals surface area contributed by atoms with Gasteiger partial charge < -0.3 is 20.1 Å². The third-order valence-corrected chi connectivity index (χ3v) is 6.20. The quantitative estimate of drug-likeness (QED) is 0.317.